The first-order chi connectivity index (χ1) is 16.4. The number of benzene rings is 1. The molecule has 35 heavy (non-hydrogen) atoms. The third-order valence-corrected chi connectivity index (χ3v) is 5.61. The van der Waals surface area contributed by atoms with Gasteiger partial charge in [-0.05, 0) is 43.7 Å². The average Bonchev–Trinajstić information content (AvgIpc) is 3.14. The predicted octanol–water partition coefficient (Wildman–Crippen LogP) is 2.64. The van der Waals surface area contributed by atoms with Gasteiger partial charge in [0.15, 0.2) is 11.5 Å². The van der Waals surface area contributed by atoms with Gasteiger partial charge in [-0.2, -0.15) is 0 Å². The van der Waals surface area contributed by atoms with Crippen LogP contribution < -0.4 is 14.2 Å². The Morgan fingerprint density at radius 1 is 1.09 bits per heavy atom. The molecule has 2 amide bonds. The number of ether oxygens (including phenoxy) is 3. The number of nitrogens with zero attached hydrogens (tertiary/aromatic N) is 3. The number of alkyl halides is 2. The Morgan fingerprint density at radius 3 is 2.40 bits per heavy atom. The number of halogens is 2. The SMILES string of the molecule is COc1cc(C(=O)N2CCN(C(=O)/C=C/c3ccc4c(c3)OC(F)(F)O4)CC2)cc(C(C)(C)O)n1. The van der Waals surface area contributed by atoms with Crippen LogP contribution in [0.3, 0.4) is 0 Å². The number of pyridine rings is 1. The quantitative estimate of drug-likeness (QED) is 0.645. The van der Waals surface area contributed by atoms with Gasteiger partial charge >= 0.3 is 6.29 Å². The van der Waals surface area contributed by atoms with E-state index in [9.17, 15) is 23.5 Å². The predicted molar refractivity (Wildman–Crippen MR) is 120 cm³/mol. The highest BCUT2D eigenvalue weighted by molar-refractivity contribution is 5.95. The molecule has 186 valence electrons. The van der Waals surface area contributed by atoms with Crippen molar-refractivity contribution in [2.75, 3.05) is 33.3 Å². The smallest absolute Gasteiger partial charge is 0.481 e. The summed E-state index contributed by atoms with van der Waals surface area (Å²) >= 11 is 0. The lowest BCUT2D eigenvalue weighted by Crippen LogP contribution is -2.50. The van der Waals surface area contributed by atoms with E-state index < -0.39 is 11.9 Å². The highest BCUT2D eigenvalue weighted by Crippen LogP contribution is 2.41. The molecule has 0 bridgehead atoms. The number of methoxy groups -OCH3 is 1. The number of aliphatic hydroxyl groups is 1. The number of carbonyl (C=O) groups is 2. The topological polar surface area (TPSA) is 101 Å². The molecule has 11 heteroatoms. The number of hydrogen-bond donors (Lipinski definition) is 1. The van der Waals surface area contributed by atoms with Gasteiger partial charge in [-0.3, -0.25) is 9.59 Å². The molecule has 1 fully saturated rings. The van der Waals surface area contributed by atoms with Crippen molar-refractivity contribution in [3.63, 3.8) is 0 Å². The van der Waals surface area contributed by atoms with E-state index in [4.69, 9.17) is 4.74 Å². The van der Waals surface area contributed by atoms with Crippen molar-refractivity contribution in [3.05, 3.63) is 53.2 Å². The molecular weight excluding hydrogens is 464 g/mol. The standard InChI is InChI=1S/C24H25F2N3O6/c1-23(2,32)19-13-16(14-20(27-19)33-3)22(31)29-10-8-28(9-11-29)21(30)7-5-15-4-6-17-18(12-15)35-24(25,26)34-17/h4-7,12-14,32H,8-11H2,1-3H3/b7-5+. The summed E-state index contributed by atoms with van der Waals surface area (Å²) in [7, 11) is 1.43. The second-order valence-electron chi connectivity index (χ2n) is 8.67. The largest absolute Gasteiger partial charge is 0.586 e. The highest BCUT2D eigenvalue weighted by atomic mass is 19.3. The molecule has 1 saturated heterocycles. The van der Waals surface area contributed by atoms with Crippen LogP contribution in [-0.4, -0.2) is 71.3 Å². The van der Waals surface area contributed by atoms with Crippen molar-refractivity contribution in [2.24, 2.45) is 0 Å². The van der Waals surface area contributed by atoms with E-state index in [0.29, 0.717) is 43.0 Å². The van der Waals surface area contributed by atoms with Gasteiger partial charge in [0.1, 0.15) is 5.60 Å². The van der Waals surface area contributed by atoms with E-state index in [0.717, 1.165) is 0 Å². The summed E-state index contributed by atoms with van der Waals surface area (Å²) < 4.78 is 40.3. The highest BCUT2D eigenvalue weighted by Gasteiger charge is 2.43. The zero-order valence-corrected chi connectivity index (χ0v) is 19.5. The molecule has 0 saturated carbocycles. The molecule has 0 spiro atoms. The maximum Gasteiger partial charge on any atom is 0.586 e. The molecule has 0 radical (unpaired) electrons. The van der Waals surface area contributed by atoms with Gasteiger partial charge in [-0.25, -0.2) is 4.98 Å². The van der Waals surface area contributed by atoms with Crippen LogP contribution in [-0.2, 0) is 10.4 Å². The lowest BCUT2D eigenvalue weighted by atomic mass is 10.0. The Kier molecular flexibility index (Phi) is 6.37. The Hall–Kier alpha value is -3.73. The molecule has 0 atom stereocenters. The van der Waals surface area contributed by atoms with Crippen molar-refractivity contribution >= 4 is 17.9 Å². The minimum Gasteiger partial charge on any atom is -0.481 e. The first-order valence-corrected chi connectivity index (χ1v) is 10.9. The Bertz CT molecular complexity index is 1170. The molecule has 1 N–H and O–H groups in total. The third kappa shape index (κ3) is 5.51. The van der Waals surface area contributed by atoms with Crippen molar-refractivity contribution in [1.82, 2.24) is 14.8 Å². The van der Waals surface area contributed by atoms with Crippen molar-refractivity contribution in [1.29, 1.82) is 0 Å². The summed E-state index contributed by atoms with van der Waals surface area (Å²) in [4.78, 5) is 33.1. The van der Waals surface area contributed by atoms with Crippen LogP contribution in [0.15, 0.2) is 36.4 Å². The number of fused-ring (bicyclic) bond motifs is 1. The van der Waals surface area contributed by atoms with Crippen LogP contribution in [0.2, 0.25) is 0 Å². The van der Waals surface area contributed by atoms with Gasteiger partial charge in [-0.1, -0.05) is 6.07 Å². The lowest BCUT2D eigenvalue weighted by Gasteiger charge is -2.34. The molecule has 3 heterocycles. The maximum atomic E-state index is 13.2. The number of carbonyl (C=O) groups excluding carboxylic acids is 2. The van der Waals surface area contributed by atoms with E-state index in [2.05, 4.69) is 14.5 Å². The van der Waals surface area contributed by atoms with Crippen LogP contribution in [0.5, 0.6) is 17.4 Å². The number of rotatable bonds is 5. The second kappa shape index (κ2) is 9.14. The fourth-order valence-electron chi connectivity index (χ4n) is 3.70. The van der Waals surface area contributed by atoms with E-state index in [1.807, 2.05) is 0 Å². The summed E-state index contributed by atoms with van der Waals surface area (Å²) in [5.74, 6) is -0.469. The average molecular weight is 489 g/mol. The van der Waals surface area contributed by atoms with E-state index in [1.165, 1.54) is 49.6 Å². The van der Waals surface area contributed by atoms with Gasteiger partial charge in [0.2, 0.25) is 11.8 Å². The normalized spacial score (nSPS) is 17.1. The van der Waals surface area contributed by atoms with Gasteiger partial charge in [0.05, 0.1) is 12.8 Å². The Balaban J connectivity index is 1.37. The summed E-state index contributed by atoms with van der Waals surface area (Å²) in [5, 5.41) is 10.3. The van der Waals surface area contributed by atoms with E-state index in [-0.39, 0.29) is 29.2 Å². The number of aromatic nitrogens is 1. The van der Waals surface area contributed by atoms with Gasteiger partial charge in [0, 0.05) is 43.9 Å². The first-order valence-electron chi connectivity index (χ1n) is 10.9. The van der Waals surface area contributed by atoms with Gasteiger partial charge < -0.3 is 29.1 Å². The van der Waals surface area contributed by atoms with Crippen LogP contribution in [0.1, 0.15) is 35.5 Å². The van der Waals surface area contributed by atoms with Crippen molar-refractivity contribution < 1.29 is 37.7 Å². The van der Waals surface area contributed by atoms with E-state index >= 15 is 0 Å². The molecule has 4 rings (SSSR count). The fourth-order valence-corrected chi connectivity index (χ4v) is 3.70. The molecule has 2 aromatic rings. The number of amides is 2. The lowest BCUT2D eigenvalue weighted by molar-refractivity contribution is -0.286. The van der Waals surface area contributed by atoms with Crippen molar-refractivity contribution in [2.45, 2.75) is 25.7 Å². The zero-order valence-electron chi connectivity index (χ0n) is 19.5. The monoisotopic (exact) mass is 489 g/mol. The minimum atomic E-state index is -3.70. The maximum absolute atomic E-state index is 13.2. The molecule has 1 aromatic heterocycles. The number of piperazine rings is 1. The van der Waals surface area contributed by atoms with Gasteiger partial charge in [0.25, 0.3) is 5.91 Å². The summed E-state index contributed by atoms with van der Waals surface area (Å²) in [6.45, 7) is 4.42. The molecule has 2 aliphatic heterocycles. The fraction of sp³-hybridized carbons (Fsp3) is 0.375. The molecular formula is C24H25F2N3O6. The van der Waals surface area contributed by atoms with Crippen molar-refractivity contribution in [3.8, 4) is 17.4 Å². The third-order valence-electron chi connectivity index (χ3n) is 5.61. The Labute approximate surface area is 200 Å². The molecule has 2 aliphatic rings. The van der Waals surface area contributed by atoms with Crippen LogP contribution in [0, 0.1) is 0 Å². The summed E-state index contributed by atoms with van der Waals surface area (Å²) in [6, 6.07) is 7.30. The van der Waals surface area contributed by atoms with Crippen LogP contribution in [0.25, 0.3) is 6.08 Å². The zero-order chi connectivity index (χ0) is 25.4. The number of hydrogen-bond acceptors (Lipinski definition) is 7. The van der Waals surface area contributed by atoms with E-state index in [1.54, 1.807) is 23.6 Å². The minimum absolute atomic E-state index is 0.0687. The van der Waals surface area contributed by atoms with Crippen LogP contribution >= 0.6 is 0 Å². The van der Waals surface area contributed by atoms with Crippen LogP contribution in [0.4, 0.5) is 8.78 Å². The molecule has 0 aliphatic carbocycles. The van der Waals surface area contributed by atoms with Gasteiger partial charge in [-0.15, -0.1) is 8.78 Å². The first kappa shape index (κ1) is 24.4. The molecule has 1 aromatic carbocycles. The molecule has 0 unspecified atom stereocenters. The second-order valence-corrected chi connectivity index (χ2v) is 8.67. The summed E-state index contributed by atoms with van der Waals surface area (Å²) in [5.41, 5.74) is -0.102. The Morgan fingerprint density at radius 2 is 1.74 bits per heavy atom. The molecule has 9 nitrogen and oxygen atoms in total. The summed E-state index contributed by atoms with van der Waals surface area (Å²) in [6.07, 6.45) is -0.854.